The van der Waals surface area contributed by atoms with Gasteiger partial charge in [0.2, 0.25) is 0 Å². The molecule has 2 aliphatic rings. The zero-order chi connectivity index (χ0) is 22.0. The fourth-order valence-electron chi connectivity index (χ4n) is 3.76. The highest BCUT2D eigenvalue weighted by molar-refractivity contribution is 6.53. The molecule has 0 unspecified atom stereocenters. The van der Waals surface area contributed by atoms with Gasteiger partial charge in [-0.15, -0.1) is 0 Å². The second kappa shape index (κ2) is 9.12. The van der Waals surface area contributed by atoms with Gasteiger partial charge in [0.25, 0.3) is 17.7 Å². The standard InChI is InChI=1S/C23H21Cl2N3O3/c24-16-6-5-7-18(14-16)28-22(30)19(25)20(23(28)31)26-17-10-8-15(9-11-17)21(29)27-12-3-1-2-4-13-27/h5-11,14,26H,1-4,12-13H2. The smallest absolute Gasteiger partial charge is 0.283 e. The molecule has 31 heavy (non-hydrogen) atoms. The minimum atomic E-state index is -0.621. The van der Waals surface area contributed by atoms with E-state index in [-0.39, 0.29) is 16.6 Å². The molecule has 3 amide bonds. The van der Waals surface area contributed by atoms with Crippen LogP contribution in [0.25, 0.3) is 0 Å². The molecule has 8 heteroatoms. The van der Waals surface area contributed by atoms with E-state index in [0.717, 1.165) is 43.7 Å². The number of halogens is 2. The zero-order valence-corrected chi connectivity index (χ0v) is 18.2. The molecule has 0 bridgehead atoms. The predicted molar refractivity (Wildman–Crippen MR) is 121 cm³/mol. The van der Waals surface area contributed by atoms with Crippen molar-refractivity contribution in [3.63, 3.8) is 0 Å². The first-order chi connectivity index (χ1) is 15.0. The summed E-state index contributed by atoms with van der Waals surface area (Å²) in [7, 11) is 0. The van der Waals surface area contributed by atoms with Crippen LogP contribution in [-0.2, 0) is 9.59 Å². The van der Waals surface area contributed by atoms with Gasteiger partial charge in [-0.3, -0.25) is 14.4 Å². The Labute approximate surface area is 190 Å². The normalized spacial score (nSPS) is 17.2. The third-order valence-electron chi connectivity index (χ3n) is 5.39. The molecule has 1 N–H and O–H groups in total. The maximum absolute atomic E-state index is 12.9. The summed E-state index contributed by atoms with van der Waals surface area (Å²) in [5.41, 5.74) is 1.46. The molecule has 2 heterocycles. The monoisotopic (exact) mass is 457 g/mol. The molecule has 0 saturated carbocycles. The van der Waals surface area contributed by atoms with Gasteiger partial charge in [0.05, 0.1) is 5.69 Å². The topological polar surface area (TPSA) is 69.7 Å². The average molecular weight is 458 g/mol. The number of amides is 3. The number of benzene rings is 2. The number of nitrogens with one attached hydrogen (secondary N) is 1. The van der Waals surface area contributed by atoms with E-state index >= 15 is 0 Å². The van der Waals surface area contributed by atoms with E-state index in [4.69, 9.17) is 23.2 Å². The minimum absolute atomic E-state index is 0.00458. The van der Waals surface area contributed by atoms with Crippen molar-refractivity contribution in [3.05, 3.63) is 69.8 Å². The first kappa shape index (κ1) is 21.4. The summed E-state index contributed by atoms with van der Waals surface area (Å²) in [6, 6.07) is 13.2. The Hall–Kier alpha value is -2.83. The highest BCUT2D eigenvalue weighted by atomic mass is 35.5. The van der Waals surface area contributed by atoms with Gasteiger partial charge < -0.3 is 10.2 Å². The van der Waals surface area contributed by atoms with Gasteiger partial charge in [-0.25, -0.2) is 4.90 Å². The van der Waals surface area contributed by atoms with Crippen LogP contribution in [0.15, 0.2) is 59.3 Å². The van der Waals surface area contributed by atoms with E-state index in [1.54, 1.807) is 42.5 Å². The molecular formula is C23H21Cl2N3O3. The van der Waals surface area contributed by atoms with Crippen molar-refractivity contribution in [1.82, 2.24) is 4.90 Å². The summed E-state index contributed by atoms with van der Waals surface area (Å²) in [6.45, 7) is 1.55. The highest BCUT2D eigenvalue weighted by Crippen LogP contribution is 2.31. The molecule has 2 aliphatic heterocycles. The van der Waals surface area contributed by atoms with Crippen LogP contribution in [0.3, 0.4) is 0 Å². The third-order valence-corrected chi connectivity index (χ3v) is 5.97. The third kappa shape index (κ3) is 4.45. The van der Waals surface area contributed by atoms with Gasteiger partial charge >= 0.3 is 0 Å². The Kier molecular flexibility index (Phi) is 6.30. The SMILES string of the molecule is O=C(c1ccc(NC2=C(Cl)C(=O)N(c3cccc(Cl)c3)C2=O)cc1)N1CCCCCC1. The van der Waals surface area contributed by atoms with E-state index in [1.807, 2.05) is 4.90 Å². The quantitative estimate of drug-likeness (QED) is 0.669. The van der Waals surface area contributed by atoms with Crippen LogP contribution in [0.1, 0.15) is 36.0 Å². The van der Waals surface area contributed by atoms with Crippen molar-refractivity contribution < 1.29 is 14.4 Å². The number of carbonyl (C=O) groups excluding carboxylic acids is 3. The zero-order valence-electron chi connectivity index (χ0n) is 16.7. The molecule has 1 saturated heterocycles. The maximum Gasteiger partial charge on any atom is 0.283 e. The lowest BCUT2D eigenvalue weighted by molar-refractivity contribution is -0.120. The summed E-state index contributed by atoms with van der Waals surface area (Å²) in [5.74, 6) is -1.18. The van der Waals surface area contributed by atoms with E-state index in [2.05, 4.69) is 5.32 Å². The Morgan fingerprint density at radius 1 is 0.871 bits per heavy atom. The second-order valence-electron chi connectivity index (χ2n) is 7.52. The van der Waals surface area contributed by atoms with E-state index in [1.165, 1.54) is 6.07 Å². The number of hydrogen-bond donors (Lipinski definition) is 1. The minimum Gasteiger partial charge on any atom is -0.350 e. The first-order valence-corrected chi connectivity index (χ1v) is 10.9. The van der Waals surface area contributed by atoms with Crippen LogP contribution < -0.4 is 10.2 Å². The molecule has 0 aliphatic carbocycles. The highest BCUT2D eigenvalue weighted by Gasteiger charge is 2.39. The molecule has 2 aromatic carbocycles. The number of anilines is 2. The Morgan fingerprint density at radius 3 is 2.19 bits per heavy atom. The molecule has 4 rings (SSSR count). The van der Waals surface area contributed by atoms with E-state index in [0.29, 0.717) is 22.0 Å². The summed E-state index contributed by atoms with van der Waals surface area (Å²) in [4.78, 5) is 41.0. The van der Waals surface area contributed by atoms with Crippen molar-refractivity contribution in [1.29, 1.82) is 0 Å². The number of hydrogen-bond acceptors (Lipinski definition) is 4. The summed E-state index contributed by atoms with van der Waals surface area (Å²) in [5, 5.41) is 3.12. The van der Waals surface area contributed by atoms with Crippen LogP contribution in [0.5, 0.6) is 0 Å². The molecule has 0 radical (unpaired) electrons. The van der Waals surface area contributed by atoms with Gasteiger partial charge in [0, 0.05) is 29.4 Å². The molecule has 1 fully saturated rings. The lowest BCUT2D eigenvalue weighted by atomic mass is 10.1. The number of rotatable bonds is 4. The molecule has 0 atom stereocenters. The maximum atomic E-state index is 12.9. The molecular weight excluding hydrogens is 437 g/mol. The van der Waals surface area contributed by atoms with Crippen LogP contribution in [0, 0.1) is 0 Å². The van der Waals surface area contributed by atoms with Gasteiger partial charge in [-0.05, 0) is 55.3 Å². The summed E-state index contributed by atoms with van der Waals surface area (Å²) >= 11 is 12.2. The van der Waals surface area contributed by atoms with Crippen molar-refractivity contribution in [2.24, 2.45) is 0 Å². The van der Waals surface area contributed by atoms with Crippen molar-refractivity contribution in [3.8, 4) is 0 Å². The second-order valence-corrected chi connectivity index (χ2v) is 8.34. The van der Waals surface area contributed by atoms with Crippen LogP contribution in [-0.4, -0.2) is 35.7 Å². The van der Waals surface area contributed by atoms with Gasteiger partial charge in [0.15, 0.2) is 0 Å². The van der Waals surface area contributed by atoms with E-state index < -0.39 is 11.8 Å². The summed E-state index contributed by atoms with van der Waals surface area (Å²) < 4.78 is 0. The van der Waals surface area contributed by atoms with Crippen LogP contribution in [0.4, 0.5) is 11.4 Å². The molecule has 0 aromatic heterocycles. The summed E-state index contributed by atoms with van der Waals surface area (Å²) in [6.07, 6.45) is 4.36. The molecule has 2 aromatic rings. The van der Waals surface area contributed by atoms with Crippen LogP contribution in [0.2, 0.25) is 5.02 Å². The number of likely N-dealkylation sites (tertiary alicyclic amines) is 1. The fourth-order valence-corrected chi connectivity index (χ4v) is 4.16. The Balaban J connectivity index is 1.49. The van der Waals surface area contributed by atoms with Crippen molar-refractivity contribution >= 4 is 52.3 Å². The lowest BCUT2D eigenvalue weighted by Crippen LogP contribution is -2.32. The Bertz CT molecular complexity index is 1060. The predicted octanol–water partition coefficient (Wildman–Crippen LogP) is 4.79. The van der Waals surface area contributed by atoms with Crippen LogP contribution >= 0.6 is 23.2 Å². The van der Waals surface area contributed by atoms with Crippen molar-refractivity contribution in [2.45, 2.75) is 25.7 Å². The molecule has 0 spiro atoms. The number of carbonyl (C=O) groups is 3. The largest absolute Gasteiger partial charge is 0.350 e. The molecule has 160 valence electrons. The first-order valence-electron chi connectivity index (χ1n) is 10.2. The van der Waals surface area contributed by atoms with Gasteiger partial charge in [-0.1, -0.05) is 42.1 Å². The van der Waals surface area contributed by atoms with Gasteiger partial charge in [-0.2, -0.15) is 0 Å². The van der Waals surface area contributed by atoms with Gasteiger partial charge in [0.1, 0.15) is 10.7 Å². The number of imide groups is 1. The number of nitrogens with zero attached hydrogens (tertiary/aromatic N) is 2. The van der Waals surface area contributed by atoms with E-state index in [9.17, 15) is 14.4 Å². The average Bonchev–Trinajstić information content (AvgIpc) is 2.96. The lowest BCUT2D eigenvalue weighted by Gasteiger charge is -2.20. The molecule has 6 nitrogen and oxygen atoms in total. The fraction of sp³-hybridized carbons (Fsp3) is 0.261. The van der Waals surface area contributed by atoms with Crippen molar-refractivity contribution in [2.75, 3.05) is 23.3 Å². The Morgan fingerprint density at radius 2 is 1.55 bits per heavy atom.